The van der Waals surface area contributed by atoms with Gasteiger partial charge in [0.2, 0.25) is 5.91 Å². The molecule has 1 amide bonds. The topological polar surface area (TPSA) is 81.4 Å². The molecule has 0 aliphatic rings. The Morgan fingerprint density at radius 2 is 2.00 bits per heavy atom. The predicted molar refractivity (Wildman–Crippen MR) is 73.8 cm³/mol. The van der Waals surface area contributed by atoms with E-state index in [4.69, 9.17) is 5.73 Å². The third kappa shape index (κ3) is 3.79. The van der Waals surface area contributed by atoms with Crippen LogP contribution in [0.4, 0.5) is 5.69 Å². The van der Waals surface area contributed by atoms with E-state index in [9.17, 15) is 9.59 Å². The first-order valence-corrected chi connectivity index (χ1v) is 6.25. The minimum atomic E-state index is -0.601. The van der Waals surface area contributed by atoms with Gasteiger partial charge in [-0.15, -0.1) is 0 Å². The van der Waals surface area contributed by atoms with Gasteiger partial charge >= 0.3 is 5.97 Å². The summed E-state index contributed by atoms with van der Waals surface area (Å²) in [4.78, 5) is 23.6. The summed E-state index contributed by atoms with van der Waals surface area (Å²) in [6.45, 7) is 3.89. The largest absolute Gasteiger partial charge is 0.465 e. The highest BCUT2D eigenvalue weighted by molar-refractivity contribution is 6.02. The highest BCUT2D eigenvalue weighted by Crippen LogP contribution is 2.17. The molecule has 0 aliphatic heterocycles. The van der Waals surface area contributed by atoms with Gasteiger partial charge in [-0.3, -0.25) is 4.79 Å². The summed E-state index contributed by atoms with van der Waals surface area (Å²) in [6, 6.07) is 6.08. The van der Waals surface area contributed by atoms with Gasteiger partial charge in [-0.05, 0) is 18.1 Å². The van der Waals surface area contributed by atoms with E-state index in [2.05, 4.69) is 10.1 Å². The van der Waals surface area contributed by atoms with E-state index in [1.54, 1.807) is 24.3 Å². The van der Waals surface area contributed by atoms with Crippen LogP contribution in [-0.2, 0) is 9.53 Å². The van der Waals surface area contributed by atoms with Crippen molar-refractivity contribution in [3.8, 4) is 0 Å². The molecule has 0 aromatic heterocycles. The predicted octanol–water partition coefficient (Wildman–Crippen LogP) is 1.79. The summed E-state index contributed by atoms with van der Waals surface area (Å²) in [5, 5.41) is 2.68. The zero-order chi connectivity index (χ0) is 14.4. The Balaban J connectivity index is 2.88. The van der Waals surface area contributed by atoms with E-state index in [-0.39, 0.29) is 11.8 Å². The maximum atomic E-state index is 12.0. The number of carbonyl (C=O) groups is 2. The summed E-state index contributed by atoms with van der Waals surface area (Å²) in [6.07, 6.45) is 0.813. The Labute approximate surface area is 113 Å². The number of para-hydroxylation sites is 1. The van der Waals surface area contributed by atoms with Crippen LogP contribution >= 0.6 is 0 Å². The minimum Gasteiger partial charge on any atom is -0.465 e. The number of nitrogens with one attached hydrogen (secondary N) is 1. The second-order valence-electron chi connectivity index (χ2n) is 4.44. The second-order valence-corrected chi connectivity index (χ2v) is 4.44. The monoisotopic (exact) mass is 264 g/mol. The molecule has 3 N–H and O–H groups in total. The number of hydrogen-bond donors (Lipinski definition) is 2. The van der Waals surface area contributed by atoms with Crippen LogP contribution in [0.2, 0.25) is 0 Å². The van der Waals surface area contributed by atoms with Gasteiger partial charge in [0.05, 0.1) is 24.4 Å². The highest BCUT2D eigenvalue weighted by Gasteiger charge is 2.21. The van der Waals surface area contributed by atoms with Crippen LogP contribution in [0.3, 0.4) is 0 Å². The van der Waals surface area contributed by atoms with E-state index in [0.29, 0.717) is 11.3 Å². The fourth-order valence-corrected chi connectivity index (χ4v) is 1.61. The Morgan fingerprint density at radius 3 is 2.58 bits per heavy atom. The lowest BCUT2D eigenvalue weighted by atomic mass is 9.99. The zero-order valence-electron chi connectivity index (χ0n) is 11.5. The second kappa shape index (κ2) is 6.89. The van der Waals surface area contributed by atoms with Crippen molar-refractivity contribution in [3.05, 3.63) is 29.8 Å². The first-order valence-electron chi connectivity index (χ1n) is 6.25. The van der Waals surface area contributed by atoms with Crippen LogP contribution in [0, 0.1) is 5.92 Å². The van der Waals surface area contributed by atoms with Gasteiger partial charge in [0.25, 0.3) is 0 Å². The smallest absolute Gasteiger partial charge is 0.339 e. The standard InChI is InChI=1S/C14H20N2O3/c1-4-9(2)12(15)13(17)16-11-8-6-5-7-10(11)14(18)19-3/h5-9,12H,4,15H2,1-3H3,(H,16,17)/t9?,12-/m0/s1. The molecular weight excluding hydrogens is 244 g/mol. The molecular formula is C14H20N2O3. The zero-order valence-corrected chi connectivity index (χ0v) is 11.5. The highest BCUT2D eigenvalue weighted by atomic mass is 16.5. The summed E-state index contributed by atoms with van der Waals surface area (Å²) in [7, 11) is 1.30. The molecule has 1 rings (SSSR count). The van der Waals surface area contributed by atoms with Crippen molar-refractivity contribution in [2.24, 2.45) is 11.7 Å². The lowest BCUT2D eigenvalue weighted by Crippen LogP contribution is -2.40. The minimum absolute atomic E-state index is 0.0743. The molecule has 2 atom stereocenters. The van der Waals surface area contributed by atoms with Crippen molar-refractivity contribution in [3.63, 3.8) is 0 Å². The summed E-state index contributed by atoms with van der Waals surface area (Å²) < 4.78 is 4.67. The first-order chi connectivity index (χ1) is 9.01. The number of methoxy groups -OCH3 is 1. The molecule has 0 spiro atoms. The van der Waals surface area contributed by atoms with Gasteiger partial charge in [0, 0.05) is 0 Å². The van der Waals surface area contributed by atoms with Gasteiger partial charge < -0.3 is 15.8 Å². The summed E-state index contributed by atoms with van der Waals surface area (Å²) >= 11 is 0. The summed E-state index contributed by atoms with van der Waals surface area (Å²) in [5.41, 5.74) is 6.58. The quantitative estimate of drug-likeness (QED) is 0.794. The maximum Gasteiger partial charge on any atom is 0.339 e. The number of nitrogens with two attached hydrogens (primary N) is 1. The fourth-order valence-electron chi connectivity index (χ4n) is 1.61. The fraction of sp³-hybridized carbons (Fsp3) is 0.429. The Bertz CT molecular complexity index is 460. The number of rotatable bonds is 5. The van der Waals surface area contributed by atoms with Crippen molar-refractivity contribution in [1.29, 1.82) is 0 Å². The molecule has 0 saturated carbocycles. The number of amides is 1. The molecule has 1 unspecified atom stereocenters. The van der Waals surface area contributed by atoms with Gasteiger partial charge in [-0.2, -0.15) is 0 Å². The van der Waals surface area contributed by atoms with Crippen LogP contribution in [0.25, 0.3) is 0 Å². The SMILES string of the molecule is CCC(C)[C@H](N)C(=O)Nc1ccccc1C(=O)OC. The molecule has 19 heavy (non-hydrogen) atoms. The van der Waals surface area contributed by atoms with Crippen LogP contribution in [0.1, 0.15) is 30.6 Å². The number of hydrogen-bond acceptors (Lipinski definition) is 4. The average molecular weight is 264 g/mol. The number of benzene rings is 1. The van der Waals surface area contributed by atoms with Gasteiger partial charge in [0.15, 0.2) is 0 Å². The Kier molecular flexibility index (Phi) is 5.51. The molecule has 1 aromatic rings. The van der Waals surface area contributed by atoms with Crippen molar-refractivity contribution in [2.75, 3.05) is 12.4 Å². The van der Waals surface area contributed by atoms with E-state index in [0.717, 1.165) is 6.42 Å². The van der Waals surface area contributed by atoms with Crippen LogP contribution < -0.4 is 11.1 Å². The molecule has 1 aromatic carbocycles. The van der Waals surface area contributed by atoms with Gasteiger partial charge in [0.1, 0.15) is 0 Å². The molecule has 0 radical (unpaired) electrons. The van der Waals surface area contributed by atoms with Crippen molar-refractivity contribution in [1.82, 2.24) is 0 Å². The first kappa shape index (κ1) is 15.2. The molecule has 0 bridgehead atoms. The average Bonchev–Trinajstić information content (AvgIpc) is 2.45. The van der Waals surface area contributed by atoms with Crippen molar-refractivity contribution >= 4 is 17.6 Å². The number of ether oxygens (including phenoxy) is 1. The van der Waals surface area contributed by atoms with Gasteiger partial charge in [-0.1, -0.05) is 32.4 Å². The van der Waals surface area contributed by atoms with Crippen molar-refractivity contribution in [2.45, 2.75) is 26.3 Å². The molecule has 0 saturated heterocycles. The molecule has 5 heteroatoms. The molecule has 0 aliphatic carbocycles. The lowest BCUT2D eigenvalue weighted by molar-refractivity contribution is -0.118. The molecule has 104 valence electrons. The molecule has 0 heterocycles. The van der Waals surface area contributed by atoms with Crippen LogP contribution in [0.15, 0.2) is 24.3 Å². The van der Waals surface area contributed by atoms with Crippen molar-refractivity contribution < 1.29 is 14.3 Å². The normalized spacial score (nSPS) is 13.5. The summed E-state index contributed by atoms with van der Waals surface area (Å²) in [5.74, 6) is -0.719. The van der Waals surface area contributed by atoms with E-state index >= 15 is 0 Å². The number of esters is 1. The van der Waals surface area contributed by atoms with E-state index < -0.39 is 12.0 Å². The van der Waals surface area contributed by atoms with Crippen LogP contribution in [0.5, 0.6) is 0 Å². The van der Waals surface area contributed by atoms with Gasteiger partial charge in [-0.25, -0.2) is 4.79 Å². The molecule has 5 nitrogen and oxygen atoms in total. The Hall–Kier alpha value is -1.88. The van der Waals surface area contributed by atoms with E-state index in [1.165, 1.54) is 7.11 Å². The molecule has 0 fully saturated rings. The lowest BCUT2D eigenvalue weighted by Gasteiger charge is -2.18. The number of anilines is 1. The third-order valence-corrected chi connectivity index (χ3v) is 3.15. The van der Waals surface area contributed by atoms with E-state index in [1.807, 2.05) is 13.8 Å². The van der Waals surface area contributed by atoms with Crippen LogP contribution in [-0.4, -0.2) is 25.0 Å². The Morgan fingerprint density at radius 1 is 1.37 bits per heavy atom. The number of carbonyl (C=O) groups excluding carboxylic acids is 2. The maximum absolute atomic E-state index is 12.0. The third-order valence-electron chi connectivity index (χ3n) is 3.15.